The SMILES string of the molecule is Cc1cccc(OC2CCN(C(=O)CCSc3ccccc3)C2)n1. The first kappa shape index (κ1) is 16.8. The van der Waals surface area contributed by atoms with Gasteiger partial charge in [-0.3, -0.25) is 4.79 Å². The van der Waals surface area contributed by atoms with E-state index in [2.05, 4.69) is 17.1 Å². The van der Waals surface area contributed by atoms with Gasteiger partial charge < -0.3 is 9.64 Å². The Balaban J connectivity index is 1.42. The summed E-state index contributed by atoms with van der Waals surface area (Å²) in [6.45, 7) is 3.37. The Hall–Kier alpha value is -2.01. The minimum atomic E-state index is 0.0463. The van der Waals surface area contributed by atoms with Gasteiger partial charge in [0, 0.05) is 41.8 Å². The Morgan fingerprint density at radius 1 is 1.25 bits per heavy atom. The molecule has 0 radical (unpaired) electrons. The molecule has 1 aromatic carbocycles. The molecule has 2 aromatic rings. The molecule has 1 atom stereocenters. The quantitative estimate of drug-likeness (QED) is 0.753. The summed E-state index contributed by atoms with van der Waals surface area (Å²) >= 11 is 1.72. The molecule has 1 aromatic heterocycles. The van der Waals surface area contributed by atoms with Gasteiger partial charge in [0.05, 0.1) is 6.54 Å². The first-order chi connectivity index (χ1) is 11.7. The van der Waals surface area contributed by atoms with Crippen molar-refractivity contribution in [1.82, 2.24) is 9.88 Å². The first-order valence-corrected chi connectivity index (χ1v) is 9.25. The molecular formula is C19H22N2O2S. The molecule has 126 valence electrons. The highest BCUT2D eigenvalue weighted by atomic mass is 32.2. The molecule has 1 amide bonds. The largest absolute Gasteiger partial charge is 0.472 e. The Labute approximate surface area is 147 Å². The van der Waals surface area contributed by atoms with Crippen LogP contribution in [0.4, 0.5) is 0 Å². The fourth-order valence-electron chi connectivity index (χ4n) is 2.74. The van der Waals surface area contributed by atoms with E-state index in [0.717, 1.165) is 24.4 Å². The molecule has 0 bridgehead atoms. The summed E-state index contributed by atoms with van der Waals surface area (Å²) < 4.78 is 5.90. The lowest BCUT2D eigenvalue weighted by Crippen LogP contribution is -2.31. The third-order valence-electron chi connectivity index (χ3n) is 3.98. The zero-order valence-electron chi connectivity index (χ0n) is 13.9. The fourth-order valence-corrected chi connectivity index (χ4v) is 3.60. The van der Waals surface area contributed by atoms with Gasteiger partial charge in [0.25, 0.3) is 0 Å². The lowest BCUT2D eigenvalue weighted by Gasteiger charge is -2.17. The predicted molar refractivity (Wildman–Crippen MR) is 96.4 cm³/mol. The lowest BCUT2D eigenvalue weighted by molar-refractivity contribution is -0.129. The van der Waals surface area contributed by atoms with Gasteiger partial charge in [-0.25, -0.2) is 4.98 Å². The molecule has 24 heavy (non-hydrogen) atoms. The van der Waals surface area contributed by atoms with Crippen LogP contribution in [0.3, 0.4) is 0 Å². The van der Waals surface area contributed by atoms with Crippen LogP contribution in [0.15, 0.2) is 53.4 Å². The van der Waals surface area contributed by atoms with Gasteiger partial charge in [0.1, 0.15) is 6.10 Å². The van der Waals surface area contributed by atoms with E-state index >= 15 is 0 Å². The van der Waals surface area contributed by atoms with Crippen molar-refractivity contribution in [3.8, 4) is 5.88 Å². The van der Waals surface area contributed by atoms with Gasteiger partial charge >= 0.3 is 0 Å². The van der Waals surface area contributed by atoms with Crippen molar-refractivity contribution in [2.45, 2.75) is 30.8 Å². The molecule has 1 aliphatic heterocycles. The van der Waals surface area contributed by atoms with E-state index in [0.29, 0.717) is 18.8 Å². The Morgan fingerprint density at radius 2 is 2.08 bits per heavy atom. The van der Waals surface area contributed by atoms with Crippen molar-refractivity contribution in [3.63, 3.8) is 0 Å². The van der Waals surface area contributed by atoms with Crippen molar-refractivity contribution in [1.29, 1.82) is 0 Å². The zero-order valence-corrected chi connectivity index (χ0v) is 14.7. The number of hydrogen-bond donors (Lipinski definition) is 0. The van der Waals surface area contributed by atoms with E-state index in [1.807, 2.05) is 48.2 Å². The number of benzene rings is 1. The second kappa shape index (κ2) is 8.20. The minimum absolute atomic E-state index is 0.0463. The number of thioether (sulfide) groups is 1. The van der Waals surface area contributed by atoms with Gasteiger partial charge in [0.15, 0.2) is 0 Å². The van der Waals surface area contributed by atoms with E-state index in [1.54, 1.807) is 11.8 Å². The third kappa shape index (κ3) is 4.74. The van der Waals surface area contributed by atoms with Crippen molar-refractivity contribution in [3.05, 3.63) is 54.2 Å². The van der Waals surface area contributed by atoms with Crippen LogP contribution in [-0.4, -0.2) is 40.7 Å². The number of pyridine rings is 1. The maximum atomic E-state index is 12.3. The van der Waals surface area contributed by atoms with Crippen molar-refractivity contribution in [2.24, 2.45) is 0 Å². The van der Waals surface area contributed by atoms with Crippen LogP contribution < -0.4 is 4.74 Å². The predicted octanol–water partition coefficient (Wildman–Crippen LogP) is 3.55. The van der Waals surface area contributed by atoms with Crippen molar-refractivity contribution < 1.29 is 9.53 Å². The molecule has 0 aliphatic carbocycles. The Kier molecular flexibility index (Phi) is 5.75. The normalized spacial score (nSPS) is 17.0. The number of ether oxygens (including phenoxy) is 1. The van der Waals surface area contributed by atoms with Crippen molar-refractivity contribution in [2.75, 3.05) is 18.8 Å². The molecule has 1 fully saturated rings. The number of aryl methyl sites for hydroxylation is 1. The molecule has 0 saturated carbocycles. The standard InChI is InChI=1S/C19H22N2O2S/c1-15-6-5-9-18(20-15)23-16-10-12-21(14-16)19(22)11-13-24-17-7-3-2-4-8-17/h2-9,16H,10-14H2,1H3. The number of amides is 1. The lowest BCUT2D eigenvalue weighted by atomic mass is 10.3. The number of nitrogens with zero attached hydrogens (tertiary/aromatic N) is 2. The highest BCUT2D eigenvalue weighted by Gasteiger charge is 2.27. The zero-order chi connectivity index (χ0) is 16.8. The van der Waals surface area contributed by atoms with E-state index in [4.69, 9.17) is 4.74 Å². The van der Waals surface area contributed by atoms with Crippen molar-refractivity contribution >= 4 is 17.7 Å². The number of carbonyl (C=O) groups excluding carboxylic acids is 1. The van der Waals surface area contributed by atoms with Crippen LogP contribution in [0, 0.1) is 6.92 Å². The van der Waals surface area contributed by atoms with Gasteiger partial charge in [-0.2, -0.15) is 0 Å². The third-order valence-corrected chi connectivity index (χ3v) is 4.99. The Morgan fingerprint density at radius 3 is 2.88 bits per heavy atom. The van der Waals surface area contributed by atoms with Crippen LogP contribution in [-0.2, 0) is 4.79 Å². The summed E-state index contributed by atoms with van der Waals surface area (Å²) in [5.41, 5.74) is 0.941. The average Bonchev–Trinajstić information content (AvgIpc) is 3.04. The summed E-state index contributed by atoms with van der Waals surface area (Å²) in [6.07, 6.45) is 1.48. The summed E-state index contributed by atoms with van der Waals surface area (Å²) in [7, 11) is 0. The van der Waals surface area contributed by atoms with Crippen LogP contribution in [0.2, 0.25) is 0 Å². The van der Waals surface area contributed by atoms with Crippen LogP contribution in [0.5, 0.6) is 5.88 Å². The highest BCUT2D eigenvalue weighted by Crippen LogP contribution is 2.20. The van der Waals surface area contributed by atoms with E-state index < -0.39 is 0 Å². The number of likely N-dealkylation sites (tertiary alicyclic amines) is 1. The van der Waals surface area contributed by atoms with E-state index in [9.17, 15) is 4.79 Å². The molecule has 0 spiro atoms. The molecule has 2 heterocycles. The summed E-state index contributed by atoms with van der Waals surface area (Å²) in [5, 5.41) is 0. The van der Waals surface area contributed by atoms with Gasteiger partial charge in [-0.1, -0.05) is 24.3 Å². The molecule has 0 N–H and O–H groups in total. The smallest absolute Gasteiger partial charge is 0.223 e. The second-order valence-electron chi connectivity index (χ2n) is 5.90. The van der Waals surface area contributed by atoms with Gasteiger partial charge in [-0.05, 0) is 25.1 Å². The monoisotopic (exact) mass is 342 g/mol. The summed E-state index contributed by atoms with van der Waals surface area (Å²) in [5.74, 6) is 1.67. The number of carbonyl (C=O) groups is 1. The van der Waals surface area contributed by atoms with Gasteiger partial charge in [-0.15, -0.1) is 11.8 Å². The molecule has 1 saturated heterocycles. The number of aromatic nitrogens is 1. The van der Waals surface area contributed by atoms with Gasteiger partial charge in [0.2, 0.25) is 11.8 Å². The van der Waals surface area contributed by atoms with Crippen LogP contribution in [0.1, 0.15) is 18.5 Å². The van der Waals surface area contributed by atoms with E-state index in [-0.39, 0.29) is 12.0 Å². The fraction of sp³-hybridized carbons (Fsp3) is 0.368. The minimum Gasteiger partial charge on any atom is -0.472 e. The molecule has 5 heteroatoms. The first-order valence-electron chi connectivity index (χ1n) is 8.26. The Bertz CT molecular complexity index is 678. The maximum absolute atomic E-state index is 12.3. The molecule has 1 aliphatic rings. The maximum Gasteiger partial charge on any atom is 0.223 e. The molecule has 1 unspecified atom stereocenters. The molecule has 4 nitrogen and oxygen atoms in total. The number of hydrogen-bond acceptors (Lipinski definition) is 4. The second-order valence-corrected chi connectivity index (χ2v) is 7.07. The van der Waals surface area contributed by atoms with Crippen LogP contribution in [0.25, 0.3) is 0 Å². The summed E-state index contributed by atoms with van der Waals surface area (Å²) in [4.78, 5) is 19.8. The topological polar surface area (TPSA) is 42.4 Å². The summed E-state index contributed by atoms with van der Waals surface area (Å²) in [6, 6.07) is 15.9. The van der Waals surface area contributed by atoms with Crippen LogP contribution >= 0.6 is 11.8 Å². The number of rotatable bonds is 6. The van der Waals surface area contributed by atoms with E-state index in [1.165, 1.54) is 4.90 Å². The molecule has 3 rings (SSSR count). The molecular weight excluding hydrogens is 320 g/mol. The highest BCUT2D eigenvalue weighted by molar-refractivity contribution is 7.99. The average molecular weight is 342 g/mol.